The smallest absolute Gasteiger partial charge is 0.163 e. The number of ether oxygens (including phenoxy) is 2. The van der Waals surface area contributed by atoms with Crippen LogP contribution < -0.4 is 14.8 Å². The largest absolute Gasteiger partial charge is 0.486 e. The highest BCUT2D eigenvalue weighted by Crippen LogP contribution is 2.37. The Kier molecular flexibility index (Phi) is 4.26. The van der Waals surface area contributed by atoms with Crippen molar-refractivity contribution in [3.63, 3.8) is 0 Å². The van der Waals surface area contributed by atoms with Crippen molar-refractivity contribution in [2.45, 2.75) is 0 Å². The second-order valence-corrected chi connectivity index (χ2v) is 7.25. The lowest BCUT2D eigenvalue weighted by Crippen LogP contribution is -2.15. The Morgan fingerprint density at radius 2 is 1.75 bits per heavy atom. The average Bonchev–Trinajstić information content (AvgIpc) is 3.05. The quantitative estimate of drug-likeness (QED) is 0.461. The van der Waals surface area contributed by atoms with E-state index in [1.54, 1.807) is 0 Å². The summed E-state index contributed by atoms with van der Waals surface area (Å²) in [6.07, 6.45) is 1.83. The van der Waals surface area contributed by atoms with Gasteiger partial charge in [-0.3, -0.25) is 4.40 Å². The molecule has 0 bridgehead atoms. The van der Waals surface area contributed by atoms with Crippen molar-refractivity contribution in [1.82, 2.24) is 9.38 Å². The van der Waals surface area contributed by atoms with Crippen LogP contribution in [0.3, 0.4) is 0 Å². The molecule has 4 aromatic rings. The number of imidazole rings is 1. The molecule has 0 radical (unpaired) electrons. The van der Waals surface area contributed by atoms with Crippen LogP contribution in [-0.4, -0.2) is 22.6 Å². The number of pyridine rings is 1. The number of hydrogen-bond acceptors (Lipinski definition) is 4. The number of benzene rings is 2. The molecular weight excluding hydrogens is 397 g/mol. The first-order chi connectivity index (χ1) is 13.7. The highest BCUT2D eigenvalue weighted by molar-refractivity contribution is 6.31. The fraction of sp³-hybridized carbons (Fsp3) is 0.0952. The highest BCUT2D eigenvalue weighted by Gasteiger charge is 2.17. The van der Waals surface area contributed by atoms with Crippen molar-refractivity contribution in [3.8, 4) is 22.8 Å². The second kappa shape index (κ2) is 6.93. The zero-order chi connectivity index (χ0) is 19.1. The minimum absolute atomic E-state index is 0.537. The molecule has 1 N–H and O–H groups in total. The van der Waals surface area contributed by atoms with E-state index in [-0.39, 0.29) is 0 Å². The lowest BCUT2D eigenvalue weighted by molar-refractivity contribution is 0.171. The molecule has 1 aliphatic heterocycles. The Hall–Kier alpha value is -2.89. The summed E-state index contributed by atoms with van der Waals surface area (Å²) in [4.78, 5) is 4.78. The van der Waals surface area contributed by atoms with E-state index in [0.29, 0.717) is 29.0 Å². The number of anilines is 2. The predicted octanol–water partition coefficient (Wildman–Crippen LogP) is 5.82. The van der Waals surface area contributed by atoms with Gasteiger partial charge >= 0.3 is 0 Å². The molecule has 5 rings (SSSR count). The Bertz CT molecular complexity index is 1190. The van der Waals surface area contributed by atoms with Crippen molar-refractivity contribution in [2.75, 3.05) is 18.5 Å². The topological polar surface area (TPSA) is 47.8 Å². The summed E-state index contributed by atoms with van der Waals surface area (Å²) < 4.78 is 13.2. The van der Waals surface area contributed by atoms with Gasteiger partial charge in [-0.25, -0.2) is 4.98 Å². The van der Waals surface area contributed by atoms with Gasteiger partial charge in [0.1, 0.15) is 30.4 Å². The van der Waals surface area contributed by atoms with Gasteiger partial charge in [-0.2, -0.15) is 0 Å². The minimum atomic E-state index is 0.537. The van der Waals surface area contributed by atoms with E-state index in [1.165, 1.54) is 0 Å². The molecule has 3 heterocycles. The third-order valence-corrected chi connectivity index (χ3v) is 4.94. The van der Waals surface area contributed by atoms with Crippen molar-refractivity contribution in [2.24, 2.45) is 0 Å². The fourth-order valence-corrected chi connectivity index (χ4v) is 3.58. The zero-order valence-corrected chi connectivity index (χ0v) is 16.2. The molecular formula is C21H15Cl2N3O2. The Labute approximate surface area is 171 Å². The predicted molar refractivity (Wildman–Crippen MR) is 111 cm³/mol. The lowest BCUT2D eigenvalue weighted by atomic mass is 10.1. The van der Waals surface area contributed by atoms with E-state index >= 15 is 0 Å². The van der Waals surface area contributed by atoms with Crippen LogP contribution in [0.25, 0.3) is 16.9 Å². The average molecular weight is 412 g/mol. The van der Waals surface area contributed by atoms with Gasteiger partial charge in [0, 0.05) is 28.5 Å². The molecule has 0 atom stereocenters. The summed E-state index contributed by atoms with van der Waals surface area (Å²) in [5.41, 5.74) is 3.32. The Balaban J connectivity index is 1.65. The molecule has 0 fully saturated rings. The van der Waals surface area contributed by atoms with Crippen LogP contribution in [-0.2, 0) is 0 Å². The molecule has 2 aromatic heterocycles. The van der Waals surface area contributed by atoms with E-state index in [2.05, 4.69) is 5.32 Å². The number of nitrogens with zero attached hydrogens (tertiary/aromatic N) is 2. The maximum Gasteiger partial charge on any atom is 0.163 e. The molecule has 0 spiro atoms. The third kappa shape index (κ3) is 3.13. The Morgan fingerprint density at radius 3 is 2.61 bits per heavy atom. The van der Waals surface area contributed by atoms with Gasteiger partial charge in [0.05, 0.1) is 5.02 Å². The molecule has 0 unspecified atom stereocenters. The first-order valence-electron chi connectivity index (χ1n) is 8.77. The number of fused-ring (bicyclic) bond motifs is 2. The molecule has 0 aliphatic carbocycles. The zero-order valence-electron chi connectivity index (χ0n) is 14.7. The summed E-state index contributed by atoms with van der Waals surface area (Å²) in [5, 5.41) is 4.72. The van der Waals surface area contributed by atoms with Crippen molar-refractivity contribution in [1.29, 1.82) is 0 Å². The molecule has 140 valence electrons. The number of nitrogens with one attached hydrogen (secondary N) is 1. The maximum absolute atomic E-state index is 6.23. The summed E-state index contributed by atoms with van der Waals surface area (Å²) in [6, 6.07) is 17.1. The standard InChI is InChI=1S/C21H15Cl2N3O2/c22-14-3-1-2-13(10-14)20-21(26-12-15(23)4-7-19(26)25-20)24-16-5-6-17-18(11-16)28-9-8-27-17/h1-7,10-12,24H,8-9H2. The van der Waals surface area contributed by atoms with E-state index in [4.69, 9.17) is 37.7 Å². The normalized spacial score (nSPS) is 12.9. The minimum Gasteiger partial charge on any atom is -0.486 e. The van der Waals surface area contributed by atoms with Crippen molar-refractivity contribution in [3.05, 3.63) is 70.8 Å². The molecule has 28 heavy (non-hydrogen) atoms. The van der Waals surface area contributed by atoms with Crippen molar-refractivity contribution < 1.29 is 9.47 Å². The van der Waals surface area contributed by atoms with Gasteiger partial charge in [-0.15, -0.1) is 0 Å². The van der Waals surface area contributed by atoms with Crippen LogP contribution >= 0.6 is 23.2 Å². The highest BCUT2D eigenvalue weighted by atomic mass is 35.5. The summed E-state index contributed by atoms with van der Waals surface area (Å²) >= 11 is 12.4. The molecule has 0 saturated carbocycles. The monoisotopic (exact) mass is 411 g/mol. The summed E-state index contributed by atoms with van der Waals surface area (Å²) in [7, 11) is 0. The van der Waals surface area contributed by atoms with Crippen LogP contribution in [0.4, 0.5) is 11.5 Å². The van der Waals surface area contributed by atoms with Crippen LogP contribution in [0.1, 0.15) is 0 Å². The van der Waals surface area contributed by atoms with E-state index in [0.717, 1.165) is 34.2 Å². The summed E-state index contributed by atoms with van der Waals surface area (Å²) in [5.74, 6) is 2.25. The first-order valence-corrected chi connectivity index (χ1v) is 9.53. The van der Waals surface area contributed by atoms with Crippen LogP contribution in [0.15, 0.2) is 60.8 Å². The second-order valence-electron chi connectivity index (χ2n) is 6.38. The van der Waals surface area contributed by atoms with E-state index < -0.39 is 0 Å². The van der Waals surface area contributed by atoms with Gasteiger partial charge in [0.15, 0.2) is 11.5 Å². The molecule has 5 nitrogen and oxygen atoms in total. The SMILES string of the molecule is Clc1cccc(-c2nc3ccc(Cl)cn3c2Nc2ccc3c(c2)OCCO3)c1. The number of halogens is 2. The van der Waals surface area contributed by atoms with E-state index in [1.807, 2.05) is 65.2 Å². The van der Waals surface area contributed by atoms with Crippen LogP contribution in [0, 0.1) is 0 Å². The van der Waals surface area contributed by atoms with Crippen molar-refractivity contribution >= 4 is 40.4 Å². The number of hydrogen-bond donors (Lipinski definition) is 1. The number of rotatable bonds is 3. The van der Waals surface area contributed by atoms with Gasteiger partial charge in [0.2, 0.25) is 0 Å². The lowest BCUT2D eigenvalue weighted by Gasteiger charge is -2.19. The summed E-state index contributed by atoms with van der Waals surface area (Å²) in [6.45, 7) is 1.10. The third-order valence-electron chi connectivity index (χ3n) is 4.49. The molecule has 7 heteroatoms. The fourth-order valence-electron chi connectivity index (χ4n) is 3.23. The van der Waals surface area contributed by atoms with Gasteiger partial charge in [-0.05, 0) is 36.4 Å². The molecule has 1 aliphatic rings. The molecule has 2 aromatic carbocycles. The maximum atomic E-state index is 6.23. The Morgan fingerprint density at radius 1 is 0.893 bits per heavy atom. The first kappa shape index (κ1) is 17.2. The van der Waals surface area contributed by atoms with Crippen LogP contribution in [0.2, 0.25) is 10.0 Å². The molecule has 0 amide bonds. The van der Waals surface area contributed by atoms with Gasteiger partial charge < -0.3 is 14.8 Å². The van der Waals surface area contributed by atoms with Crippen LogP contribution in [0.5, 0.6) is 11.5 Å². The van der Waals surface area contributed by atoms with Gasteiger partial charge in [-0.1, -0.05) is 35.3 Å². The molecule has 0 saturated heterocycles. The van der Waals surface area contributed by atoms with E-state index in [9.17, 15) is 0 Å². The number of aromatic nitrogens is 2. The van der Waals surface area contributed by atoms with Gasteiger partial charge in [0.25, 0.3) is 0 Å².